The van der Waals surface area contributed by atoms with Gasteiger partial charge in [0.15, 0.2) is 0 Å². The number of hydrogen-bond acceptors (Lipinski definition) is 4. The Bertz CT molecular complexity index is 520. The zero-order chi connectivity index (χ0) is 16.0. The molecule has 0 aliphatic carbocycles. The third kappa shape index (κ3) is 6.22. The first-order valence-electron chi connectivity index (χ1n) is 6.67. The van der Waals surface area contributed by atoms with Crippen molar-refractivity contribution in [2.75, 3.05) is 20.1 Å². The Balaban J connectivity index is 2.58. The zero-order valence-corrected chi connectivity index (χ0v) is 14.0. The average Bonchev–Trinajstić information content (AvgIpc) is 2.38. The predicted octanol–water partition coefficient (Wildman–Crippen LogP) is 2.56. The number of likely N-dealkylation sites (N-methyl/N-ethyl adjacent to an activating group) is 1. The third-order valence-electron chi connectivity index (χ3n) is 2.78. The minimum atomic E-state index is -0.428. The number of nitrogens with one attached hydrogen (secondary N) is 1. The predicted molar refractivity (Wildman–Crippen MR) is 85.0 cm³/mol. The molecule has 0 aromatic heterocycles. The molecule has 0 radical (unpaired) electrons. The summed E-state index contributed by atoms with van der Waals surface area (Å²) in [7, 11) is 1.81. The maximum atomic E-state index is 11.7. The van der Waals surface area contributed by atoms with E-state index in [2.05, 4.69) is 21.2 Å². The van der Waals surface area contributed by atoms with Gasteiger partial charge in [0.2, 0.25) is 5.91 Å². The normalized spacial score (nSPS) is 11.0. The van der Waals surface area contributed by atoms with Gasteiger partial charge in [0.1, 0.15) is 0 Å². The molecule has 0 aliphatic rings. The number of benzene rings is 1. The van der Waals surface area contributed by atoms with Gasteiger partial charge in [-0.25, -0.2) is 0 Å². The van der Waals surface area contributed by atoms with Crippen LogP contribution in [0.5, 0.6) is 0 Å². The highest BCUT2D eigenvalue weighted by molar-refractivity contribution is 9.10. The van der Waals surface area contributed by atoms with Crippen LogP contribution in [0.25, 0.3) is 0 Å². The molecule has 0 aliphatic heterocycles. The molecule has 0 saturated carbocycles. The van der Waals surface area contributed by atoms with Crippen LogP contribution in [0, 0.1) is 16.0 Å². The number of hydrogen-bond donors (Lipinski definition) is 1. The van der Waals surface area contributed by atoms with Crippen molar-refractivity contribution in [3.8, 4) is 0 Å². The first-order valence-corrected chi connectivity index (χ1v) is 7.47. The Kier molecular flexibility index (Phi) is 6.77. The number of nitrogens with zero attached hydrogens (tertiary/aromatic N) is 2. The largest absolute Gasteiger partial charge is 0.355 e. The highest BCUT2D eigenvalue weighted by atomic mass is 79.9. The first-order chi connectivity index (χ1) is 9.79. The first kappa shape index (κ1) is 17.6. The standard InChI is InChI=1S/C14H20BrN3O3/c1-10(2)7-16-14(19)9-17(3)8-11-4-5-12(15)13(6-11)18(20)21/h4-6,10H,7-9H2,1-3H3,(H,16,19). The lowest BCUT2D eigenvalue weighted by atomic mass is 10.2. The number of amides is 1. The van der Waals surface area contributed by atoms with E-state index < -0.39 is 4.92 Å². The molecule has 1 aromatic carbocycles. The van der Waals surface area contributed by atoms with Crippen LogP contribution in [0.3, 0.4) is 0 Å². The van der Waals surface area contributed by atoms with E-state index in [-0.39, 0.29) is 18.1 Å². The van der Waals surface area contributed by atoms with Crippen LogP contribution >= 0.6 is 15.9 Å². The summed E-state index contributed by atoms with van der Waals surface area (Å²) >= 11 is 3.15. The second-order valence-electron chi connectivity index (χ2n) is 5.41. The summed E-state index contributed by atoms with van der Waals surface area (Å²) in [4.78, 5) is 24.0. The summed E-state index contributed by atoms with van der Waals surface area (Å²) in [6.45, 7) is 5.45. The maximum absolute atomic E-state index is 11.7. The Morgan fingerprint density at radius 1 is 1.48 bits per heavy atom. The average molecular weight is 358 g/mol. The number of nitro benzene ring substituents is 1. The van der Waals surface area contributed by atoms with Crippen LogP contribution in [0.1, 0.15) is 19.4 Å². The van der Waals surface area contributed by atoms with Crippen LogP contribution in [-0.2, 0) is 11.3 Å². The molecule has 0 heterocycles. The molecule has 21 heavy (non-hydrogen) atoms. The van der Waals surface area contributed by atoms with E-state index >= 15 is 0 Å². The van der Waals surface area contributed by atoms with Gasteiger partial charge >= 0.3 is 0 Å². The van der Waals surface area contributed by atoms with Gasteiger partial charge < -0.3 is 5.32 Å². The summed E-state index contributed by atoms with van der Waals surface area (Å²) < 4.78 is 0.452. The highest BCUT2D eigenvalue weighted by Gasteiger charge is 2.14. The molecule has 0 fully saturated rings. The van der Waals surface area contributed by atoms with Gasteiger partial charge in [-0.2, -0.15) is 0 Å². The van der Waals surface area contributed by atoms with E-state index in [1.807, 2.05) is 25.8 Å². The lowest BCUT2D eigenvalue weighted by molar-refractivity contribution is -0.385. The van der Waals surface area contributed by atoms with Crippen LogP contribution in [0.2, 0.25) is 0 Å². The number of carbonyl (C=O) groups is 1. The molecule has 6 nitrogen and oxygen atoms in total. The van der Waals surface area contributed by atoms with Gasteiger partial charge in [-0.05, 0) is 40.5 Å². The van der Waals surface area contributed by atoms with Crippen molar-refractivity contribution in [1.82, 2.24) is 10.2 Å². The number of carbonyl (C=O) groups excluding carboxylic acids is 1. The number of halogens is 1. The molecule has 1 N–H and O–H groups in total. The third-order valence-corrected chi connectivity index (χ3v) is 3.45. The maximum Gasteiger partial charge on any atom is 0.283 e. The lowest BCUT2D eigenvalue weighted by Crippen LogP contribution is -2.36. The van der Waals surface area contributed by atoms with Crippen molar-refractivity contribution < 1.29 is 9.72 Å². The minimum absolute atomic E-state index is 0.0326. The highest BCUT2D eigenvalue weighted by Crippen LogP contribution is 2.25. The molecule has 0 atom stereocenters. The second-order valence-corrected chi connectivity index (χ2v) is 6.27. The summed E-state index contributed by atoms with van der Waals surface area (Å²) in [5, 5.41) is 13.7. The molecule has 0 saturated heterocycles. The van der Waals surface area contributed by atoms with Crippen molar-refractivity contribution in [3.63, 3.8) is 0 Å². The van der Waals surface area contributed by atoms with Crippen LogP contribution in [0.4, 0.5) is 5.69 Å². The van der Waals surface area contributed by atoms with Crippen molar-refractivity contribution >= 4 is 27.5 Å². The molecule has 1 amide bonds. The van der Waals surface area contributed by atoms with E-state index in [0.717, 1.165) is 5.56 Å². The van der Waals surface area contributed by atoms with Gasteiger partial charge in [-0.1, -0.05) is 19.9 Å². The fraction of sp³-hybridized carbons (Fsp3) is 0.500. The molecule has 1 aromatic rings. The van der Waals surface area contributed by atoms with E-state index in [1.165, 1.54) is 6.07 Å². The van der Waals surface area contributed by atoms with Crippen LogP contribution in [-0.4, -0.2) is 35.9 Å². The van der Waals surface area contributed by atoms with Crippen molar-refractivity contribution in [2.24, 2.45) is 5.92 Å². The molecular formula is C14H20BrN3O3. The topological polar surface area (TPSA) is 75.5 Å². The Labute approximate surface area is 132 Å². The van der Waals surface area contributed by atoms with E-state index in [9.17, 15) is 14.9 Å². The lowest BCUT2D eigenvalue weighted by Gasteiger charge is -2.17. The van der Waals surface area contributed by atoms with Crippen LogP contribution < -0.4 is 5.32 Å². The molecular weight excluding hydrogens is 338 g/mol. The fourth-order valence-electron chi connectivity index (χ4n) is 1.78. The molecule has 0 unspecified atom stereocenters. The van der Waals surface area contributed by atoms with E-state index in [0.29, 0.717) is 23.5 Å². The van der Waals surface area contributed by atoms with E-state index in [4.69, 9.17) is 0 Å². The van der Waals surface area contributed by atoms with Crippen molar-refractivity contribution in [2.45, 2.75) is 20.4 Å². The Morgan fingerprint density at radius 2 is 2.14 bits per heavy atom. The summed E-state index contributed by atoms with van der Waals surface area (Å²) in [6, 6.07) is 4.98. The Hall–Kier alpha value is -1.47. The molecule has 1 rings (SSSR count). The summed E-state index contributed by atoms with van der Waals surface area (Å²) in [6.07, 6.45) is 0. The number of nitro groups is 1. The zero-order valence-electron chi connectivity index (χ0n) is 12.4. The van der Waals surface area contributed by atoms with Crippen molar-refractivity contribution in [1.29, 1.82) is 0 Å². The fourth-order valence-corrected chi connectivity index (χ4v) is 2.17. The quantitative estimate of drug-likeness (QED) is 0.600. The Morgan fingerprint density at radius 3 is 2.71 bits per heavy atom. The molecule has 0 spiro atoms. The minimum Gasteiger partial charge on any atom is -0.355 e. The van der Waals surface area contributed by atoms with Gasteiger partial charge in [0, 0.05) is 19.2 Å². The van der Waals surface area contributed by atoms with Crippen LogP contribution in [0.15, 0.2) is 22.7 Å². The monoisotopic (exact) mass is 357 g/mol. The van der Waals surface area contributed by atoms with Gasteiger partial charge in [0.25, 0.3) is 5.69 Å². The van der Waals surface area contributed by atoms with Gasteiger partial charge in [-0.15, -0.1) is 0 Å². The molecule has 7 heteroatoms. The van der Waals surface area contributed by atoms with E-state index in [1.54, 1.807) is 12.1 Å². The molecule has 0 bridgehead atoms. The molecule has 116 valence electrons. The van der Waals surface area contributed by atoms with Crippen molar-refractivity contribution in [3.05, 3.63) is 38.3 Å². The summed E-state index contributed by atoms with van der Waals surface area (Å²) in [5.74, 6) is 0.367. The number of rotatable bonds is 7. The SMILES string of the molecule is CC(C)CNC(=O)CN(C)Cc1ccc(Br)c([N+](=O)[O-])c1. The van der Waals surface area contributed by atoms with Gasteiger partial charge in [0.05, 0.1) is 15.9 Å². The van der Waals surface area contributed by atoms with Gasteiger partial charge in [-0.3, -0.25) is 19.8 Å². The smallest absolute Gasteiger partial charge is 0.283 e. The summed E-state index contributed by atoms with van der Waals surface area (Å²) in [5.41, 5.74) is 0.828. The second kappa shape index (κ2) is 8.09.